The highest BCUT2D eigenvalue weighted by molar-refractivity contribution is 9.11. The van der Waals surface area contributed by atoms with Gasteiger partial charge in [-0.2, -0.15) is 0 Å². The summed E-state index contributed by atoms with van der Waals surface area (Å²) >= 11 is 8.28. The van der Waals surface area contributed by atoms with Gasteiger partial charge in [0.05, 0.1) is 6.42 Å². The Kier molecular flexibility index (Phi) is 4.12. The lowest BCUT2D eigenvalue weighted by molar-refractivity contribution is 0.0993. The lowest BCUT2D eigenvalue weighted by atomic mass is 10.1. The Balaban J connectivity index is 2.19. The molecule has 0 unspecified atom stereocenters. The molecule has 17 heavy (non-hydrogen) atoms. The average molecular weight is 375 g/mol. The Labute approximate surface area is 120 Å². The summed E-state index contributed by atoms with van der Waals surface area (Å²) in [6.45, 7) is 1.93. The van der Waals surface area contributed by atoms with Crippen molar-refractivity contribution in [2.45, 2.75) is 13.3 Å². The zero-order valence-corrected chi connectivity index (χ0v) is 13.0. The quantitative estimate of drug-likeness (QED) is 0.745. The second-order valence-corrected chi connectivity index (χ2v) is 6.41. The summed E-state index contributed by atoms with van der Waals surface area (Å²) in [5, 5.41) is 2.82. The average Bonchev–Trinajstić information content (AvgIpc) is 2.62. The lowest BCUT2D eigenvalue weighted by Crippen LogP contribution is -2.03. The fraction of sp³-hybridized carbons (Fsp3) is 0.167. The van der Waals surface area contributed by atoms with Crippen molar-refractivity contribution in [3.8, 4) is 0 Å². The summed E-state index contributed by atoms with van der Waals surface area (Å²) in [4.78, 5) is 16.3. The summed E-state index contributed by atoms with van der Waals surface area (Å²) in [6, 6.07) is 5.56. The summed E-state index contributed by atoms with van der Waals surface area (Å²) < 4.78 is 1.79. The molecule has 1 heterocycles. The molecule has 2 aromatic rings. The smallest absolute Gasteiger partial charge is 0.169 e. The molecule has 0 saturated carbocycles. The van der Waals surface area contributed by atoms with Gasteiger partial charge >= 0.3 is 0 Å². The number of halogens is 2. The summed E-state index contributed by atoms with van der Waals surface area (Å²) in [7, 11) is 0. The van der Waals surface area contributed by atoms with Gasteiger partial charge in [0.25, 0.3) is 0 Å². The summed E-state index contributed by atoms with van der Waals surface area (Å²) in [5.41, 5.74) is 1.66. The minimum atomic E-state index is 0.0846. The van der Waals surface area contributed by atoms with E-state index in [-0.39, 0.29) is 5.78 Å². The highest BCUT2D eigenvalue weighted by atomic mass is 79.9. The van der Waals surface area contributed by atoms with Crippen LogP contribution in [0.1, 0.15) is 21.1 Å². The first-order valence-corrected chi connectivity index (χ1v) is 7.41. The van der Waals surface area contributed by atoms with Crippen LogP contribution in [-0.2, 0) is 6.42 Å². The first-order valence-electron chi connectivity index (χ1n) is 4.95. The zero-order valence-electron chi connectivity index (χ0n) is 9.04. The summed E-state index contributed by atoms with van der Waals surface area (Å²) in [5.74, 6) is 0.0846. The third kappa shape index (κ3) is 3.47. The molecule has 0 atom stereocenters. The van der Waals surface area contributed by atoms with Crippen LogP contribution in [0.5, 0.6) is 0 Å². The van der Waals surface area contributed by atoms with Crippen molar-refractivity contribution < 1.29 is 4.79 Å². The minimum absolute atomic E-state index is 0.0846. The van der Waals surface area contributed by atoms with Gasteiger partial charge < -0.3 is 0 Å². The molecule has 0 N–H and O–H groups in total. The Morgan fingerprint density at radius 2 is 1.94 bits per heavy atom. The molecule has 0 aliphatic carbocycles. The molecule has 1 aromatic heterocycles. The van der Waals surface area contributed by atoms with Crippen molar-refractivity contribution in [3.63, 3.8) is 0 Å². The van der Waals surface area contributed by atoms with Gasteiger partial charge in [-0.3, -0.25) is 4.79 Å². The number of hydrogen-bond acceptors (Lipinski definition) is 3. The predicted molar refractivity (Wildman–Crippen MR) is 76.7 cm³/mol. The number of aryl methyl sites for hydroxylation is 1. The number of rotatable bonds is 3. The van der Waals surface area contributed by atoms with Crippen molar-refractivity contribution in [1.29, 1.82) is 0 Å². The molecule has 0 aliphatic rings. The van der Waals surface area contributed by atoms with Crippen LogP contribution in [0.4, 0.5) is 0 Å². The number of thiazole rings is 1. The fourth-order valence-corrected chi connectivity index (χ4v) is 3.50. The van der Waals surface area contributed by atoms with Crippen LogP contribution in [-0.4, -0.2) is 10.8 Å². The van der Waals surface area contributed by atoms with Gasteiger partial charge in [0.2, 0.25) is 0 Å². The minimum Gasteiger partial charge on any atom is -0.294 e. The Morgan fingerprint density at radius 3 is 2.47 bits per heavy atom. The monoisotopic (exact) mass is 373 g/mol. The maximum Gasteiger partial charge on any atom is 0.169 e. The Morgan fingerprint density at radius 1 is 1.29 bits per heavy atom. The van der Waals surface area contributed by atoms with E-state index in [1.54, 1.807) is 0 Å². The van der Waals surface area contributed by atoms with Crippen LogP contribution < -0.4 is 0 Å². The third-order valence-corrected chi connectivity index (χ3v) is 4.05. The fourth-order valence-electron chi connectivity index (χ4n) is 1.44. The number of carbonyl (C=O) groups excluding carboxylic acids is 1. The standard InChI is InChI=1S/C12H9Br2NOS/c1-7-6-17-12(15-7)5-11(16)8-2-9(13)4-10(14)3-8/h2-4,6H,5H2,1H3. The zero-order chi connectivity index (χ0) is 12.4. The molecule has 88 valence electrons. The van der Waals surface area contributed by atoms with Crippen LogP contribution in [0, 0.1) is 6.92 Å². The molecule has 0 saturated heterocycles. The third-order valence-electron chi connectivity index (χ3n) is 2.16. The van der Waals surface area contributed by atoms with Gasteiger partial charge in [-0.05, 0) is 25.1 Å². The Hall–Kier alpha value is -0.520. The Bertz CT molecular complexity index is 545. The van der Waals surface area contributed by atoms with Gasteiger partial charge in [-0.25, -0.2) is 4.98 Å². The summed E-state index contributed by atoms with van der Waals surface area (Å²) in [6.07, 6.45) is 0.362. The van der Waals surface area contributed by atoms with Crippen molar-refractivity contribution in [2.24, 2.45) is 0 Å². The number of hydrogen-bond donors (Lipinski definition) is 0. The molecule has 2 rings (SSSR count). The number of Topliss-reactive ketones (excluding diaryl/α,β-unsaturated/α-hetero) is 1. The highest BCUT2D eigenvalue weighted by Gasteiger charge is 2.10. The molecule has 2 nitrogen and oxygen atoms in total. The SMILES string of the molecule is Cc1csc(CC(=O)c2cc(Br)cc(Br)c2)n1. The number of carbonyl (C=O) groups is 1. The van der Waals surface area contributed by atoms with Crippen molar-refractivity contribution >= 4 is 49.0 Å². The topological polar surface area (TPSA) is 30.0 Å². The molecular formula is C12H9Br2NOS. The van der Waals surface area contributed by atoms with E-state index >= 15 is 0 Å². The second-order valence-electron chi connectivity index (χ2n) is 3.64. The molecule has 0 spiro atoms. The molecular weight excluding hydrogens is 366 g/mol. The van der Waals surface area contributed by atoms with Crippen LogP contribution in [0.25, 0.3) is 0 Å². The van der Waals surface area contributed by atoms with E-state index in [1.807, 2.05) is 30.5 Å². The van der Waals surface area contributed by atoms with Crippen LogP contribution in [0.3, 0.4) is 0 Å². The molecule has 0 bridgehead atoms. The molecule has 0 fully saturated rings. The molecule has 5 heteroatoms. The van der Waals surface area contributed by atoms with Crippen LogP contribution in [0.2, 0.25) is 0 Å². The van der Waals surface area contributed by atoms with Gasteiger partial charge in [0.1, 0.15) is 5.01 Å². The number of nitrogens with zero attached hydrogens (tertiary/aromatic N) is 1. The van der Waals surface area contributed by atoms with Crippen molar-refractivity contribution in [3.05, 3.63) is 48.8 Å². The lowest BCUT2D eigenvalue weighted by Gasteiger charge is -2.01. The normalized spacial score (nSPS) is 10.5. The largest absolute Gasteiger partial charge is 0.294 e. The van der Waals surface area contributed by atoms with Gasteiger partial charge in [-0.15, -0.1) is 11.3 Å². The maximum absolute atomic E-state index is 12.1. The van der Waals surface area contributed by atoms with E-state index < -0.39 is 0 Å². The van der Waals surface area contributed by atoms with E-state index in [4.69, 9.17) is 0 Å². The molecule has 0 amide bonds. The van der Waals surface area contributed by atoms with E-state index in [9.17, 15) is 4.79 Å². The molecule has 0 radical (unpaired) electrons. The van der Waals surface area contributed by atoms with Crippen molar-refractivity contribution in [2.75, 3.05) is 0 Å². The first-order chi connectivity index (χ1) is 8.04. The van der Waals surface area contributed by atoms with Gasteiger partial charge in [0, 0.05) is 25.6 Å². The highest BCUT2D eigenvalue weighted by Crippen LogP contribution is 2.21. The number of aromatic nitrogens is 1. The van der Waals surface area contributed by atoms with Crippen molar-refractivity contribution in [1.82, 2.24) is 4.98 Å². The van der Waals surface area contributed by atoms with Crippen LogP contribution in [0.15, 0.2) is 32.5 Å². The van der Waals surface area contributed by atoms with E-state index in [0.717, 1.165) is 19.6 Å². The van der Waals surface area contributed by atoms with E-state index in [2.05, 4.69) is 36.8 Å². The van der Waals surface area contributed by atoms with Gasteiger partial charge in [0.15, 0.2) is 5.78 Å². The number of ketones is 1. The maximum atomic E-state index is 12.1. The predicted octanol–water partition coefficient (Wildman–Crippen LogP) is 4.40. The molecule has 0 aliphatic heterocycles. The molecule has 1 aromatic carbocycles. The van der Waals surface area contributed by atoms with E-state index in [0.29, 0.717) is 12.0 Å². The second kappa shape index (κ2) is 5.42. The number of benzene rings is 1. The van der Waals surface area contributed by atoms with Gasteiger partial charge in [-0.1, -0.05) is 31.9 Å². The first kappa shape index (κ1) is 12.9. The van der Waals surface area contributed by atoms with E-state index in [1.165, 1.54) is 11.3 Å². The van der Waals surface area contributed by atoms with Crippen LogP contribution >= 0.6 is 43.2 Å².